The number of fused-ring (bicyclic) bond motifs is 1. The highest BCUT2D eigenvalue weighted by atomic mass is 32.2. The Morgan fingerprint density at radius 2 is 1.80 bits per heavy atom. The van der Waals surface area contributed by atoms with Crippen LogP contribution >= 0.6 is 0 Å². The monoisotopic (exact) mass is 425 g/mol. The zero-order chi connectivity index (χ0) is 21.5. The lowest BCUT2D eigenvalue weighted by Crippen LogP contribution is -2.47. The van der Waals surface area contributed by atoms with Crippen LogP contribution in [0.25, 0.3) is 10.9 Å². The van der Waals surface area contributed by atoms with E-state index in [4.69, 9.17) is 5.14 Å². The third-order valence-electron chi connectivity index (χ3n) is 5.33. The third-order valence-corrected chi connectivity index (χ3v) is 6.29. The molecule has 2 N–H and O–H groups in total. The van der Waals surface area contributed by atoms with Gasteiger partial charge in [0.1, 0.15) is 16.8 Å². The molecule has 30 heavy (non-hydrogen) atoms. The van der Waals surface area contributed by atoms with Gasteiger partial charge in [0.2, 0.25) is 10.0 Å². The van der Waals surface area contributed by atoms with E-state index in [1.165, 1.54) is 24.4 Å². The summed E-state index contributed by atoms with van der Waals surface area (Å²) in [6, 6.07) is 11.6. The van der Waals surface area contributed by atoms with Gasteiger partial charge in [0, 0.05) is 37.8 Å². The SMILES string of the molecule is Cc1cc(F)cc2c(N3CCN(c4ccccc4S(N)(=O)=O)CC3)c(C#N)cnc12. The Hall–Kier alpha value is -3.22. The first-order chi connectivity index (χ1) is 14.3. The lowest BCUT2D eigenvalue weighted by molar-refractivity contribution is 0.595. The smallest absolute Gasteiger partial charge is 0.240 e. The number of nitrogens with zero attached hydrogens (tertiary/aromatic N) is 4. The topological polar surface area (TPSA) is 103 Å². The van der Waals surface area contributed by atoms with Crippen molar-refractivity contribution in [2.75, 3.05) is 36.0 Å². The van der Waals surface area contributed by atoms with E-state index in [9.17, 15) is 18.1 Å². The van der Waals surface area contributed by atoms with Crippen molar-refractivity contribution >= 4 is 32.3 Å². The number of aromatic nitrogens is 1. The van der Waals surface area contributed by atoms with Crippen LogP contribution in [-0.4, -0.2) is 39.6 Å². The molecule has 0 saturated carbocycles. The Morgan fingerprint density at radius 1 is 1.13 bits per heavy atom. The molecule has 0 aliphatic carbocycles. The number of anilines is 2. The van der Waals surface area contributed by atoms with Crippen molar-refractivity contribution in [3.8, 4) is 6.07 Å². The maximum absolute atomic E-state index is 14.1. The highest BCUT2D eigenvalue weighted by Crippen LogP contribution is 2.33. The molecule has 0 atom stereocenters. The lowest BCUT2D eigenvalue weighted by Gasteiger charge is -2.38. The summed E-state index contributed by atoms with van der Waals surface area (Å²) in [5.74, 6) is -0.376. The number of hydrogen-bond donors (Lipinski definition) is 1. The molecule has 0 amide bonds. The second kappa shape index (κ2) is 7.55. The van der Waals surface area contributed by atoms with E-state index in [2.05, 4.69) is 11.1 Å². The van der Waals surface area contributed by atoms with Gasteiger partial charge >= 0.3 is 0 Å². The number of halogens is 1. The van der Waals surface area contributed by atoms with Gasteiger partial charge < -0.3 is 9.80 Å². The molecule has 2 heterocycles. The summed E-state index contributed by atoms with van der Waals surface area (Å²) in [5.41, 5.74) is 2.96. The first kappa shape index (κ1) is 20.1. The molecule has 154 valence electrons. The lowest BCUT2D eigenvalue weighted by atomic mass is 10.0. The second-order valence-electron chi connectivity index (χ2n) is 7.24. The Morgan fingerprint density at radius 3 is 2.47 bits per heavy atom. The van der Waals surface area contributed by atoms with E-state index >= 15 is 0 Å². The molecule has 2 aromatic carbocycles. The van der Waals surface area contributed by atoms with Crippen LogP contribution in [0.5, 0.6) is 0 Å². The standard InChI is InChI=1S/C21H20FN5O2S/c1-14-10-16(22)11-17-20(14)25-13-15(12-23)21(17)27-8-6-26(7-9-27)18-4-2-3-5-19(18)30(24,28)29/h2-5,10-11,13H,6-9H2,1H3,(H2,24,28,29). The molecule has 1 aromatic heterocycles. The van der Waals surface area contributed by atoms with Crippen molar-refractivity contribution in [1.29, 1.82) is 5.26 Å². The van der Waals surface area contributed by atoms with Crippen LogP contribution < -0.4 is 14.9 Å². The number of primary sulfonamides is 1. The Balaban J connectivity index is 1.69. The fourth-order valence-corrected chi connectivity index (χ4v) is 4.73. The number of piperazine rings is 1. The van der Waals surface area contributed by atoms with Gasteiger partial charge in [-0.15, -0.1) is 0 Å². The Labute approximate surface area is 174 Å². The molecule has 7 nitrogen and oxygen atoms in total. The van der Waals surface area contributed by atoms with Crippen molar-refractivity contribution in [3.05, 3.63) is 59.5 Å². The van der Waals surface area contributed by atoms with Crippen LogP contribution in [0.15, 0.2) is 47.5 Å². The minimum absolute atomic E-state index is 0.0863. The Bertz CT molecular complexity index is 1280. The summed E-state index contributed by atoms with van der Waals surface area (Å²) in [6.07, 6.45) is 1.52. The minimum Gasteiger partial charge on any atom is -0.367 e. The molecule has 1 saturated heterocycles. The fraction of sp³-hybridized carbons (Fsp3) is 0.238. The number of nitrogens with two attached hydrogens (primary N) is 1. The summed E-state index contributed by atoms with van der Waals surface area (Å²) < 4.78 is 38.0. The predicted molar refractivity (Wildman–Crippen MR) is 113 cm³/mol. The van der Waals surface area contributed by atoms with Crippen molar-refractivity contribution in [1.82, 2.24) is 4.98 Å². The van der Waals surface area contributed by atoms with Crippen LogP contribution in [0, 0.1) is 24.1 Å². The third kappa shape index (κ3) is 3.56. The van der Waals surface area contributed by atoms with E-state index in [1.807, 2.05) is 9.80 Å². The van der Waals surface area contributed by atoms with Crippen LogP contribution in [0.3, 0.4) is 0 Å². The molecular weight excluding hydrogens is 405 g/mol. The first-order valence-corrected chi connectivity index (χ1v) is 10.9. The van der Waals surface area contributed by atoms with Crippen LogP contribution in [0.1, 0.15) is 11.1 Å². The molecule has 1 fully saturated rings. The molecule has 0 unspecified atom stereocenters. The average molecular weight is 425 g/mol. The zero-order valence-corrected chi connectivity index (χ0v) is 17.2. The fourth-order valence-electron chi connectivity index (χ4n) is 3.98. The second-order valence-corrected chi connectivity index (χ2v) is 8.77. The molecule has 4 rings (SSSR count). The zero-order valence-electron chi connectivity index (χ0n) is 16.3. The summed E-state index contributed by atoms with van der Waals surface area (Å²) in [7, 11) is -3.85. The maximum Gasteiger partial charge on any atom is 0.240 e. The number of hydrogen-bond acceptors (Lipinski definition) is 6. The van der Waals surface area contributed by atoms with E-state index in [0.717, 1.165) is 0 Å². The Kier molecular flexibility index (Phi) is 5.05. The van der Waals surface area contributed by atoms with Gasteiger partial charge in [0.25, 0.3) is 0 Å². The summed E-state index contributed by atoms with van der Waals surface area (Å²) in [4.78, 5) is 8.41. The van der Waals surface area contributed by atoms with Gasteiger partial charge in [0.05, 0.1) is 22.5 Å². The molecule has 3 aromatic rings. The van der Waals surface area contributed by atoms with Crippen LogP contribution in [0.4, 0.5) is 15.8 Å². The first-order valence-electron chi connectivity index (χ1n) is 9.40. The molecule has 1 aliphatic heterocycles. The van der Waals surface area contributed by atoms with Gasteiger partial charge in [-0.2, -0.15) is 5.26 Å². The molecule has 0 spiro atoms. The van der Waals surface area contributed by atoms with Gasteiger partial charge in [-0.25, -0.2) is 17.9 Å². The summed E-state index contributed by atoms with van der Waals surface area (Å²) in [6.45, 7) is 3.89. The number of rotatable bonds is 3. The molecule has 0 radical (unpaired) electrons. The van der Waals surface area contributed by atoms with Crippen molar-refractivity contribution in [2.24, 2.45) is 5.14 Å². The van der Waals surface area contributed by atoms with Gasteiger partial charge in [-0.3, -0.25) is 4.98 Å². The highest BCUT2D eigenvalue weighted by molar-refractivity contribution is 7.89. The quantitative estimate of drug-likeness (QED) is 0.692. The summed E-state index contributed by atoms with van der Waals surface area (Å²) in [5, 5.41) is 15.6. The normalized spacial score (nSPS) is 14.7. The van der Waals surface area contributed by atoms with E-state index in [-0.39, 0.29) is 10.7 Å². The number of benzene rings is 2. The molecule has 0 bridgehead atoms. The summed E-state index contributed by atoms with van der Waals surface area (Å²) >= 11 is 0. The highest BCUT2D eigenvalue weighted by Gasteiger charge is 2.25. The molecule has 1 aliphatic rings. The predicted octanol–water partition coefficient (Wildman–Crippen LogP) is 2.53. The number of nitriles is 1. The van der Waals surface area contributed by atoms with E-state index in [1.54, 1.807) is 25.1 Å². The number of sulfonamides is 1. The average Bonchev–Trinajstić information content (AvgIpc) is 2.72. The van der Waals surface area contributed by atoms with E-state index in [0.29, 0.717) is 59.6 Å². The van der Waals surface area contributed by atoms with Crippen molar-refractivity contribution in [3.63, 3.8) is 0 Å². The molecular formula is C21H20FN5O2S. The largest absolute Gasteiger partial charge is 0.367 e. The number of aryl methyl sites for hydroxylation is 1. The number of para-hydroxylation sites is 1. The maximum atomic E-state index is 14.1. The van der Waals surface area contributed by atoms with Crippen molar-refractivity contribution in [2.45, 2.75) is 11.8 Å². The van der Waals surface area contributed by atoms with Gasteiger partial charge in [0.15, 0.2) is 0 Å². The van der Waals surface area contributed by atoms with Crippen LogP contribution in [-0.2, 0) is 10.0 Å². The number of pyridine rings is 1. The van der Waals surface area contributed by atoms with E-state index < -0.39 is 10.0 Å². The van der Waals surface area contributed by atoms with Crippen LogP contribution in [0.2, 0.25) is 0 Å². The van der Waals surface area contributed by atoms with Gasteiger partial charge in [-0.05, 0) is 36.8 Å². The molecule has 9 heteroatoms. The van der Waals surface area contributed by atoms with Gasteiger partial charge in [-0.1, -0.05) is 12.1 Å². The minimum atomic E-state index is -3.85. The van der Waals surface area contributed by atoms with Crippen molar-refractivity contribution < 1.29 is 12.8 Å².